The zero-order valence-electron chi connectivity index (χ0n) is 12.5. The topological polar surface area (TPSA) is 67.4 Å². The van der Waals surface area contributed by atoms with Crippen molar-refractivity contribution in [3.05, 3.63) is 47.8 Å². The molecule has 1 aliphatic heterocycles. The number of carbonyl (C=O) groups excluding carboxylic acids is 1. The number of aryl methyl sites for hydroxylation is 1. The SMILES string of the molecule is Cc1cccc(Nc2ncc(C(=O)N3CCOCC3)cn2)c1. The Morgan fingerprint density at radius 1 is 1.23 bits per heavy atom. The number of aromatic nitrogens is 2. The summed E-state index contributed by atoms with van der Waals surface area (Å²) in [5, 5.41) is 3.12. The summed E-state index contributed by atoms with van der Waals surface area (Å²) < 4.78 is 5.25. The van der Waals surface area contributed by atoms with Crippen LogP contribution in [0.2, 0.25) is 0 Å². The third-order valence-corrected chi connectivity index (χ3v) is 3.47. The summed E-state index contributed by atoms with van der Waals surface area (Å²) in [5.74, 6) is 0.425. The number of hydrogen-bond acceptors (Lipinski definition) is 5. The molecular weight excluding hydrogens is 280 g/mol. The number of amides is 1. The van der Waals surface area contributed by atoms with Gasteiger partial charge < -0.3 is 15.0 Å². The molecule has 22 heavy (non-hydrogen) atoms. The number of rotatable bonds is 3. The lowest BCUT2D eigenvalue weighted by atomic mass is 10.2. The molecule has 0 spiro atoms. The molecule has 0 unspecified atom stereocenters. The average Bonchev–Trinajstić information content (AvgIpc) is 2.56. The smallest absolute Gasteiger partial charge is 0.257 e. The summed E-state index contributed by atoms with van der Waals surface area (Å²) in [7, 11) is 0. The highest BCUT2D eigenvalue weighted by Gasteiger charge is 2.19. The van der Waals surface area contributed by atoms with E-state index in [1.165, 1.54) is 0 Å². The molecular formula is C16H18N4O2. The molecule has 2 heterocycles. The lowest BCUT2D eigenvalue weighted by molar-refractivity contribution is 0.0302. The second-order valence-corrected chi connectivity index (χ2v) is 5.19. The van der Waals surface area contributed by atoms with Crippen molar-refractivity contribution >= 4 is 17.5 Å². The molecule has 0 radical (unpaired) electrons. The zero-order valence-corrected chi connectivity index (χ0v) is 12.5. The van der Waals surface area contributed by atoms with Crippen LogP contribution in [0.4, 0.5) is 11.6 Å². The first-order valence-electron chi connectivity index (χ1n) is 7.25. The molecule has 0 saturated carbocycles. The van der Waals surface area contributed by atoms with Gasteiger partial charge in [0.1, 0.15) is 0 Å². The molecule has 0 bridgehead atoms. The van der Waals surface area contributed by atoms with E-state index in [0.29, 0.717) is 37.8 Å². The highest BCUT2D eigenvalue weighted by atomic mass is 16.5. The number of nitrogens with one attached hydrogen (secondary N) is 1. The second-order valence-electron chi connectivity index (χ2n) is 5.19. The maximum Gasteiger partial charge on any atom is 0.257 e. The number of benzene rings is 1. The highest BCUT2D eigenvalue weighted by Crippen LogP contribution is 2.14. The van der Waals surface area contributed by atoms with Gasteiger partial charge in [-0.15, -0.1) is 0 Å². The molecule has 0 aliphatic carbocycles. The van der Waals surface area contributed by atoms with Gasteiger partial charge in [0.05, 0.1) is 18.8 Å². The number of nitrogens with zero attached hydrogens (tertiary/aromatic N) is 3. The Morgan fingerprint density at radius 3 is 2.64 bits per heavy atom. The molecule has 2 aromatic rings. The first-order valence-corrected chi connectivity index (χ1v) is 7.25. The van der Waals surface area contributed by atoms with E-state index in [9.17, 15) is 4.79 Å². The minimum Gasteiger partial charge on any atom is -0.378 e. The molecule has 1 saturated heterocycles. The van der Waals surface area contributed by atoms with Crippen LogP contribution in [-0.2, 0) is 4.74 Å². The van der Waals surface area contributed by atoms with Crippen molar-refractivity contribution in [2.75, 3.05) is 31.6 Å². The van der Waals surface area contributed by atoms with Gasteiger partial charge in [0.2, 0.25) is 5.95 Å². The van der Waals surface area contributed by atoms with Gasteiger partial charge in [-0.1, -0.05) is 12.1 Å². The lowest BCUT2D eigenvalue weighted by Crippen LogP contribution is -2.40. The van der Waals surface area contributed by atoms with Crippen LogP contribution < -0.4 is 5.32 Å². The van der Waals surface area contributed by atoms with Crippen molar-refractivity contribution in [2.24, 2.45) is 0 Å². The molecule has 6 nitrogen and oxygen atoms in total. The van der Waals surface area contributed by atoms with Crippen molar-refractivity contribution in [3.63, 3.8) is 0 Å². The van der Waals surface area contributed by atoms with Crippen molar-refractivity contribution in [1.82, 2.24) is 14.9 Å². The van der Waals surface area contributed by atoms with Gasteiger partial charge >= 0.3 is 0 Å². The molecule has 0 atom stereocenters. The minimum atomic E-state index is -0.0506. The van der Waals surface area contributed by atoms with Crippen LogP contribution in [0.25, 0.3) is 0 Å². The summed E-state index contributed by atoms with van der Waals surface area (Å²) in [6.45, 7) is 4.42. The molecule has 3 rings (SSSR count). The van der Waals surface area contributed by atoms with Gasteiger partial charge in [-0.25, -0.2) is 9.97 Å². The van der Waals surface area contributed by atoms with Crippen molar-refractivity contribution in [3.8, 4) is 0 Å². The fraction of sp³-hybridized carbons (Fsp3) is 0.312. The van der Waals surface area contributed by atoms with Crippen molar-refractivity contribution in [2.45, 2.75) is 6.92 Å². The van der Waals surface area contributed by atoms with Crippen LogP contribution in [0.15, 0.2) is 36.7 Å². The lowest BCUT2D eigenvalue weighted by Gasteiger charge is -2.26. The summed E-state index contributed by atoms with van der Waals surface area (Å²) in [5.41, 5.74) is 2.58. The molecule has 114 valence electrons. The van der Waals surface area contributed by atoms with Crippen LogP contribution in [-0.4, -0.2) is 47.1 Å². The van der Waals surface area contributed by atoms with Gasteiger partial charge in [0.25, 0.3) is 5.91 Å². The monoisotopic (exact) mass is 298 g/mol. The van der Waals surface area contributed by atoms with Crippen LogP contribution in [0.3, 0.4) is 0 Å². The van der Waals surface area contributed by atoms with Gasteiger partial charge in [0, 0.05) is 31.2 Å². The third kappa shape index (κ3) is 3.40. The summed E-state index contributed by atoms with van der Waals surface area (Å²) in [4.78, 5) is 22.5. The van der Waals surface area contributed by atoms with Crippen LogP contribution >= 0.6 is 0 Å². The average molecular weight is 298 g/mol. The fourth-order valence-electron chi connectivity index (χ4n) is 2.30. The van der Waals surface area contributed by atoms with E-state index in [1.807, 2.05) is 31.2 Å². The number of morpholine rings is 1. The Labute approximate surface area is 129 Å². The predicted octanol–water partition coefficient (Wildman–Crippen LogP) is 2.00. The molecule has 1 aromatic heterocycles. The largest absolute Gasteiger partial charge is 0.378 e. The van der Waals surface area contributed by atoms with Crippen LogP contribution in [0, 0.1) is 6.92 Å². The standard InChI is InChI=1S/C16H18N4O2/c1-12-3-2-4-14(9-12)19-16-17-10-13(11-18-16)15(21)20-5-7-22-8-6-20/h2-4,9-11H,5-8H2,1H3,(H,17,18,19). The molecule has 1 aromatic carbocycles. The van der Waals surface area contributed by atoms with E-state index in [2.05, 4.69) is 15.3 Å². The Kier molecular flexibility index (Phi) is 4.29. The van der Waals surface area contributed by atoms with Crippen molar-refractivity contribution in [1.29, 1.82) is 0 Å². The number of carbonyl (C=O) groups is 1. The Morgan fingerprint density at radius 2 is 1.95 bits per heavy atom. The van der Waals surface area contributed by atoms with Gasteiger partial charge in [-0.05, 0) is 24.6 Å². The fourth-order valence-corrected chi connectivity index (χ4v) is 2.30. The van der Waals surface area contributed by atoms with E-state index in [-0.39, 0.29) is 5.91 Å². The Balaban J connectivity index is 1.68. The maximum absolute atomic E-state index is 12.3. The molecule has 1 aliphatic rings. The minimum absolute atomic E-state index is 0.0506. The zero-order chi connectivity index (χ0) is 15.4. The second kappa shape index (κ2) is 6.53. The third-order valence-electron chi connectivity index (χ3n) is 3.47. The molecule has 1 fully saturated rings. The van der Waals surface area contributed by atoms with Crippen molar-refractivity contribution < 1.29 is 9.53 Å². The van der Waals surface area contributed by atoms with E-state index in [0.717, 1.165) is 11.3 Å². The highest BCUT2D eigenvalue weighted by molar-refractivity contribution is 5.93. The Bertz CT molecular complexity index is 651. The van der Waals surface area contributed by atoms with Crippen LogP contribution in [0.5, 0.6) is 0 Å². The Hall–Kier alpha value is -2.47. The quantitative estimate of drug-likeness (QED) is 0.938. The van der Waals surface area contributed by atoms with Gasteiger partial charge in [-0.2, -0.15) is 0 Å². The predicted molar refractivity (Wildman–Crippen MR) is 83.2 cm³/mol. The summed E-state index contributed by atoms with van der Waals surface area (Å²) in [6, 6.07) is 7.95. The van der Waals surface area contributed by atoms with Gasteiger partial charge in [0.15, 0.2) is 0 Å². The molecule has 1 amide bonds. The number of anilines is 2. The van der Waals surface area contributed by atoms with E-state index >= 15 is 0 Å². The maximum atomic E-state index is 12.3. The number of hydrogen-bond donors (Lipinski definition) is 1. The van der Waals surface area contributed by atoms with E-state index in [4.69, 9.17) is 4.74 Å². The van der Waals surface area contributed by atoms with Gasteiger partial charge in [-0.3, -0.25) is 4.79 Å². The first-order chi connectivity index (χ1) is 10.7. The van der Waals surface area contributed by atoms with E-state index < -0.39 is 0 Å². The van der Waals surface area contributed by atoms with Crippen LogP contribution in [0.1, 0.15) is 15.9 Å². The normalized spacial score (nSPS) is 14.7. The molecule has 1 N–H and O–H groups in total. The summed E-state index contributed by atoms with van der Waals surface area (Å²) in [6.07, 6.45) is 3.12. The molecule has 6 heteroatoms. The number of ether oxygens (including phenoxy) is 1. The van der Waals surface area contributed by atoms with E-state index in [1.54, 1.807) is 17.3 Å². The first kappa shape index (κ1) is 14.5. The summed E-state index contributed by atoms with van der Waals surface area (Å²) >= 11 is 0.